The average molecular weight is 460 g/mol. The highest BCUT2D eigenvalue weighted by atomic mass is 16.4. The number of nitrogens with two attached hydrogens (primary N) is 2. The smallest absolute Gasteiger partial charge is 0.326 e. The summed E-state index contributed by atoms with van der Waals surface area (Å²) in [7, 11) is 0. The third kappa shape index (κ3) is 10.5. The topological polar surface area (TPSA) is 214 Å². The van der Waals surface area contributed by atoms with Gasteiger partial charge < -0.3 is 37.6 Å². The minimum Gasteiger partial charge on any atom is -0.480 e. The predicted molar refractivity (Wildman–Crippen MR) is 116 cm³/mol. The molecule has 0 aromatic rings. The van der Waals surface area contributed by atoms with Gasteiger partial charge in [-0.1, -0.05) is 34.1 Å². The summed E-state index contributed by atoms with van der Waals surface area (Å²) in [4.78, 5) is 59.8. The van der Waals surface area contributed by atoms with Gasteiger partial charge in [-0.25, -0.2) is 4.79 Å². The van der Waals surface area contributed by atoms with Crippen LogP contribution in [0.2, 0.25) is 0 Å². The molecule has 12 heteroatoms. The standard InChI is InChI=1S/C20H37N5O7/c1-5-11(4)16(25-17(28)12(21)8-10(2)3)19(30)24-14(9-26)18(29)23-13(20(31)32)6-7-15(22)27/h10-14,16,26H,5-9,21H2,1-4H3,(H2,22,27)(H,23,29)(H,24,30)(H,25,28)(H,31,32). The number of aliphatic hydroxyl groups is 1. The van der Waals surface area contributed by atoms with Gasteiger partial charge in [-0.05, 0) is 24.7 Å². The number of rotatable bonds is 15. The summed E-state index contributed by atoms with van der Waals surface area (Å²) in [6.07, 6.45) is 0.431. The van der Waals surface area contributed by atoms with Crippen molar-refractivity contribution in [1.82, 2.24) is 16.0 Å². The minimum atomic E-state index is -1.47. The molecule has 0 saturated carbocycles. The fraction of sp³-hybridized carbons (Fsp3) is 0.750. The van der Waals surface area contributed by atoms with E-state index in [1.165, 1.54) is 0 Å². The van der Waals surface area contributed by atoms with Gasteiger partial charge in [0.05, 0.1) is 12.6 Å². The second-order valence-electron chi connectivity index (χ2n) is 8.26. The van der Waals surface area contributed by atoms with E-state index in [1.54, 1.807) is 6.92 Å². The highest BCUT2D eigenvalue weighted by molar-refractivity contribution is 5.94. The van der Waals surface area contributed by atoms with Gasteiger partial charge in [0.15, 0.2) is 0 Å². The van der Waals surface area contributed by atoms with Crippen LogP contribution in [0, 0.1) is 11.8 Å². The average Bonchev–Trinajstić information content (AvgIpc) is 2.70. The monoisotopic (exact) mass is 459 g/mol. The number of aliphatic carboxylic acids is 1. The lowest BCUT2D eigenvalue weighted by Crippen LogP contribution is -2.59. The number of carbonyl (C=O) groups is 5. The van der Waals surface area contributed by atoms with Crippen LogP contribution in [0.25, 0.3) is 0 Å². The molecule has 0 fully saturated rings. The third-order valence-corrected chi connectivity index (χ3v) is 4.96. The van der Waals surface area contributed by atoms with Gasteiger partial charge in [-0.2, -0.15) is 0 Å². The minimum absolute atomic E-state index is 0.172. The Bertz CT molecular complexity index is 671. The zero-order valence-electron chi connectivity index (χ0n) is 19.1. The van der Waals surface area contributed by atoms with Gasteiger partial charge in [-0.15, -0.1) is 0 Å². The number of primary amides is 1. The van der Waals surface area contributed by atoms with E-state index in [0.29, 0.717) is 12.8 Å². The molecular weight excluding hydrogens is 422 g/mol. The van der Waals surface area contributed by atoms with Crippen molar-refractivity contribution in [2.24, 2.45) is 23.3 Å². The van der Waals surface area contributed by atoms with E-state index in [2.05, 4.69) is 16.0 Å². The normalized spacial score (nSPS) is 15.7. The molecule has 0 spiro atoms. The van der Waals surface area contributed by atoms with E-state index in [9.17, 15) is 34.2 Å². The fourth-order valence-corrected chi connectivity index (χ4v) is 2.85. The fourth-order valence-electron chi connectivity index (χ4n) is 2.85. The molecule has 0 bridgehead atoms. The second kappa shape index (κ2) is 14.4. The molecule has 0 aliphatic heterocycles. The second-order valence-corrected chi connectivity index (χ2v) is 8.26. The first kappa shape index (κ1) is 29.3. The Morgan fingerprint density at radius 1 is 0.906 bits per heavy atom. The van der Waals surface area contributed by atoms with Crippen molar-refractivity contribution in [3.8, 4) is 0 Å². The number of aliphatic hydroxyl groups excluding tert-OH is 1. The van der Waals surface area contributed by atoms with Gasteiger partial charge in [0, 0.05) is 6.42 Å². The van der Waals surface area contributed by atoms with Crippen LogP contribution in [-0.2, 0) is 24.0 Å². The van der Waals surface area contributed by atoms with Crippen LogP contribution in [0.3, 0.4) is 0 Å². The Balaban J connectivity index is 5.28. The van der Waals surface area contributed by atoms with Gasteiger partial charge in [0.25, 0.3) is 0 Å². The Kier molecular flexibility index (Phi) is 13.1. The molecule has 0 aromatic carbocycles. The molecule has 32 heavy (non-hydrogen) atoms. The van der Waals surface area contributed by atoms with Gasteiger partial charge >= 0.3 is 5.97 Å². The maximum Gasteiger partial charge on any atom is 0.326 e. The SMILES string of the molecule is CCC(C)C(NC(=O)C(N)CC(C)C)C(=O)NC(CO)C(=O)NC(CCC(N)=O)C(=O)O. The summed E-state index contributed by atoms with van der Waals surface area (Å²) in [5.41, 5.74) is 10.9. The number of nitrogens with one attached hydrogen (secondary N) is 3. The van der Waals surface area contributed by atoms with Crippen molar-refractivity contribution in [2.75, 3.05) is 6.61 Å². The zero-order chi connectivity index (χ0) is 25.0. The van der Waals surface area contributed by atoms with Crippen LogP contribution in [0.5, 0.6) is 0 Å². The molecule has 5 atom stereocenters. The summed E-state index contributed by atoms with van der Waals surface area (Å²) in [6.45, 7) is 6.55. The highest BCUT2D eigenvalue weighted by Crippen LogP contribution is 2.10. The van der Waals surface area contributed by atoms with Crippen LogP contribution in [-0.4, -0.2) is 70.6 Å². The Morgan fingerprint density at radius 2 is 1.47 bits per heavy atom. The quantitative estimate of drug-likeness (QED) is 0.148. The lowest BCUT2D eigenvalue weighted by Gasteiger charge is -2.27. The van der Waals surface area contributed by atoms with Crippen LogP contribution in [0.1, 0.15) is 53.4 Å². The summed E-state index contributed by atoms with van der Waals surface area (Å²) in [5.74, 6) is -4.46. The molecule has 0 heterocycles. The van der Waals surface area contributed by atoms with E-state index in [4.69, 9.17) is 11.5 Å². The van der Waals surface area contributed by atoms with Crippen molar-refractivity contribution in [2.45, 2.75) is 77.5 Å². The Hall–Kier alpha value is -2.73. The largest absolute Gasteiger partial charge is 0.480 e. The molecular formula is C20H37N5O7. The van der Waals surface area contributed by atoms with E-state index in [1.807, 2.05) is 20.8 Å². The van der Waals surface area contributed by atoms with Gasteiger partial charge in [0.1, 0.15) is 18.1 Å². The molecule has 4 amide bonds. The summed E-state index contributed by atoms with van der Waals surface area (Å²) >= 11 is 0. The number of hydrogen-bond donors (Lipinski definition) is 7. The first-order valence-corrected chi connectivity index (χ1v) is 10.6. The molecule has 0 aromatic heterocycles. The molecule has 12 nitrogen and oxygen atoms in total. The Morgan fingerprint density at radius 3 is 1.91 bits per heavy atom. The van der Waals surface area contributed by atoms with Crippen LogP contribution < -0.4 is 27.4 Å². The molecule has 5 unspecified atom stereocenters. The van der Waals surface area contributed by atoms with Crippen LogP contribution >= 0.6 is 0 Å². The summed E-state index contributed by atoms with van der Waals surface area (Å²) < 4.78 is 0. The van der Waals surface area contributed by atoms with Crippen molar-refractivity contribution < 1.29 is 34.2 Å². The molecule has 0 radical (unpaired) electrons. The van der Waals surface area contributed by atoms with Crippen molar-refractivity contribution >= 4 is 29.6 Å². The van der Waals surface area contributed by atoms with Crippen molar-refractivity contribution in [3.63, 3.8) is 0 Å². The van der Waals surface area contributed by atoms with E-state index in [-0.39, 0.29) is 24.7 Å². The zero-order valence-corrected chi connectivity index (χ0v) is 19.1. The van der Waals surface area contributed by atoms with Crippen molar-refractivity contribution in [3.05, 3.63) is 0 Å². The lowest BCUT2D eigenvalue weighted by atomic mass is 9.96. The van der Waals surface area contributed by atoms with Gasteiger partial charge in [-0.3, -0.25) is 19.2 Å². The maximum absolute atomic E-state index is 12.8. The van der Waals surface area contributed by atoms with E-state index in [0.717, 1.165) is 0 Å². The number of carboxylic acid groups (broad SMARTS) is 1. The maximum atomic E-state index is 12.8. The number of carboxylic acids is 1. The molecule has 0 aliphatic rings. The predicted octanol–water partition coefficient (Wildman–Crippen LogP) is -1.80. The number of hydrogen-bond acceptors (Lipinski definition) is 7. The van der Waals surface area contributed by atoms with Crippen LogP contribution in [0.4, 0.5) is 0 Å². The van der Waals surface area contributed by atoms with Gasteiger partial charge in [0.2, 0.25) is 23.6 Å². The van der Waals surface area contributed by atoms with E-state index < -0.39 is 60.4 Å². The molecule has 9 N–H and O–H groups in total. The summed E-state index contributed by atoms with van der Waals surface area (Å²) in [6, 6.07) is -4.73. The number of carbonyl (C=O) groups excluding carboxylic acids is 4. The molecule has 0 saturated heterocycles. The van der Waals surface area contributed by atoms with E-state index >= 15 is 0 Å². The number of amides is 4. The Labute approximate surface area is 187 Å². The van der Waals surface area contributed by atoms with Crippen LogP contribution in [0.15, 0.2) is 0 Å². The third-order valence-electron chi connectivity index (χ3n) is 4.96. The molecule has 0 aliphatic carbocycles. The summed E-state index contributed by atoms with van der Waals surface area (Å²) in [5, 5.41) is 25.9. The first-order valence-electron chi connectivity index (χ1n) is 10.6. The lowest BCUT2D eigenvalue weighted by molar-refractivity contribution is -0.143. The molecule has 184 valence electrons. The first-order chi connectivity index (χ1) is 14.8. The molecule has 0 rings (SSSR count). The van der Waals surface area contributed by atoms with Crippen molar-refractivity contribution in [1.29, 1.82) is 0 Å². The highest BCUT2D eigenvalue weighted by Gasteiger charge is 2.32.